The third kappa shape index (κ3) is 4.13. The lowest BCUT2D eigenvalue weighted by Crippen LogP contribution is -2.33. The van der Waals surface area contributed by atoms with Crippen LogP contribution in [0.4, 0.5) is 0 Å². The summed E-state index contributed by atoms with van der Waals surface area (Å²) in [7, 11) is 0. The maximum Gasteiger partial charge on any atom is 0.332 e. The first-order valence-corrected chi connectivity index (χ1v) is 4.09. The summed E-state index contributed by atoms with van der Waals surface area (Å²) < 4.78 is 0. The number of aliphatic carboxylic acids is 1. The van der Waals surface area contributed by atoms with Gasteiger partial charge in [0.05, 0.1) is 0 Å². The molecule has 3 nitrogen and oxygen atoms in total. The summed E-state index contributed by atoms with van der Waals surface area (Å²) in [6.45, 7) is 9.98. The molecule has 0 spiro atoms. The van der Waals surface area contributed by atoms with E-state index in [1.54, 1.807) is 0 Å². The van der Waals surface area contributed by atoms with Gasteiger partial charge in [-0.05, 0) is 12.8 Å². The van der Waals surface area contributed by atoms with Crippen LogP contribution in [0.2, 0.25) is 0 Å². The zero-order valence-electron chi connectivity index (χ0n) is 7.92. The fraction of sp³-hybridized carbons (Fsp3) is 0.667. The minimum atomic E-state index is -0.932. The van der Waals surface area contributed by atoms with Crippen molar-refractivity contribution in [1.29, 1.82) is 0 Å². The van der Waals surface area contributed by atoms with E-state index in [0.717, 1.165) is 0 Å². The van der Waals surface area contributed by atoms with E-state index in [1.807, 2.05) is 6.92 Å². The second-order valence-corrected chi connectivity index (χ2v) is 3.32. The van der Waals surface area contributed by atoms with Gasteiger partial charge in [0.25, 0.3) is 0 Å². The molecule has 2 N–H and O–H groups in total. The molecule has 0 aliphatic heterocycles. The van der Waals surface area contributed by atoms with Gasteiger partial charge in [-0.3, -0.25) is 0 Å². The molecule has 0 amide bonds. The molecule has 0 aromatic rings. The molecule has 1 unspecified atom stereocenters. The van der Waals surface area contributed by atoms with Crippen molar-refractivity contribution in [3.05, 3.63) is 12.2 Å². The standard InChI is InChI=1S/C9H17NO2/c1-6(2)8(4)10-5-7(3)9(11)12/h6,8,10H,3,5H2,1-2,4H3,(H,11,12). The molecule has 0 bridgehead atoms. The normalized spacial score (nSPS) is 13.0. The molecule has 12 heavy (non-hydrogen) atoms. The first-order valence-electron chi connectivity index (χ1n) is 4.09. The highest BCUT2D eigenvalue weighted by Gasteiger charge is 2.08. The number of carboxylic acids is 1. The Hall–Kier alpha value is -0.830. The van der Waals surface area contributed by atoms with Crippen LogP contribution in [-0.4, -0.2) is 23.7 Å². The first-order chi connectivity index (χ1) is 5.45. The van der Waals surface area contributed by atoms with Crippen LogP contribution in [0.3, 0.4) is 0 Å². The molecule has 0 aliphatic rings. The zero-order chi connectivity index (χ0) is 9.72. The van der Waals surface area contributed by atoms with Crippen LogP contribution in [0.25, 0.3) is 0 Å². The van der Waals surface area contributed by atoms with Gasteiger partial charge in [0.15, 0.2) is 0 Å². The van der Waals surface area contributed by atoms with Crippen LogP contribution in [-0.2, 0) is 4.79 Å². The molecule has 70 valence electrons. The number of hydrogen-bond acceptors (Lipinski definition) is 2. The maximum absolute atomic E-state index is 10.3. The molecular weight excluding hydrogens is 154 g/mol. The summed E-state index contributed by atoms with van der Waals surface area (Å²) in [5.41, 5.74) is 0.211. The Morgan fingerprint density at radius 1 is 1.50 bits per heavy atom. The van der Waals surface area contributed by atoms with E-state index in [0.29, 0.717) is 18.5 Å². The number of carboxylic acid groups (broad SMARTS) is 1. The Bertz CT molecular complexity index is 175. The van der Waals surface area contributed by atoms with E-state index in [4.69, 9.17) is 5.11 Å². The molecule has 0 radical (unpaired) electrons. The van der Waals surface area contributed by atoms with Crippen molar-refractivity contribution in [3.63, 3.8) is 0 Å². The fourth-order valence-electron chi connectivity index (χ4n) is 0.596. The van der Waals surface area contributed by atoms with E-state index in [1.165, 1.54) is 0 Å². The van der Waals surface area contributed by atoms with E-state index in [2.05, 4.69) is 25.7 Å². The van der Waals surface area contributed by atoms with E-state index in [9.17, 15) is 4.79 Å². The highest BCUT2D eigenvalue weighted by atomic mass is 16.4. The van der Waals surface area contributed by atoms with Gasteiger partial charge in [0.2, 0.25) is 0 Å². The second-order valence-electron chi connectivity index (χ2n) is 3.32. The Labute approximate surface area is 73.5 Å². The van der Waals surface area contributed by atoms with Crippen molar-refractivity contribution in [2.45, 2.75) is 26.8 Å². The van der Waals surface area contributed by atoms with Crippen molar-refractivity contribution in [2.24, 2.45) is 5.92 Å². The van der Waals surface area contributed by atoms with Crippen LogP contribution in [0, 0.1) is 5.92 Å². The first kappa shape index (κ1) is 11.2. The van der Waals surface area contributed by atoms with Crippen LogP contribution in [0.15, 0.2) is 12.2 Å². The lowest BCUT2D eigenvalue weighted by atomic mass is 10.1. The molecule has 0 aliphatic carbocycles. The molecule has 0 rings (SSSR count). The van der Waals surface area contributed by atoms with Gasteiger partial charge in [-0.25, -0.2) is 4.79 Å². The topological polar surface area (TPSA) is 49.3 Å². The van der Waals surface area contributed by atoms with Crippen LogP contribution in [0.1, 0.15) is 20.8 Å². The Morgan fingerprint density at radius 3 is 2.33 bits per heavy atom. The number of nitrogens with one attached hydrogen (secondary N) is 1. The summed E-state index contributed by atoms with van der Waals surface area (Å²) in [6, 6.07) is 0.320. The third-order valence-corrected chi connectivity index (χ3v) is 1.94. The average Bonchev–Trinajstić information content (AvgIpc) is 1.98. The molecule has 1 atom stereocenters. The van der Waals surface area contributed by atoms with Crippen molar-refractivity contribution in [2.75, 3.05) is 6.54 Å². The van der Waals surface area contributed by atoms with Gasteiger partial charge in [-0.15, -0.1) is 0 Å². The minimum absolute atomic E-state index is 0.211. The highest BCUT2D eigenvalue weighted by molar-refractivity contribution is 5.86. The number of rotatable bonds is 5. The molecular formula is C9H17NO2. The summed E-state index contributed by atoms with van der Waals surface area (Å²) in [6.07, 6.45) is 0. The largest absolute Gasteiger partial charge is 0.478 e. The lowest BCUT2D eigenvalue weighted by molar-refractivity contribution is -0.132. The molecule has 3 heteroatoms. The smallest absolute Gasteiger partial charge is 0.332 e. The second kappa shape index (κ2) is 4.93. The Morgan fingerprint density at radius 2 is 2.00 bits per heavy atom. The summed E-state index contributed by atoms with van der Waals surface area (Å²) in [5.74, 6) is -0.426. The molecule has 0 aromatic carbocycles. The van der Waals surface area contributed by atoms with Crippen molar-refractivity contribution in [1.82, 2.24) is 5.32 Å². The maximum atomic E-state index is 10.3. The van der Waals surface area contributed by atoms with Gasteiger partial charge in [0, 0.05) is 18.2 Å². The zero-order valence-corrected chi connectivity index (χ0v) is 7.92. The number of hydrogen-bond donors (Lipinski definition) is 2. The van der Waals surface area contributed by atoms with Gasteiger partial charge < -0.3 is 10.4 Å². The SMILES string of the molecule is C=C(CNC(C)C(C)C)C(=O)O. The van der Waals surface area contributed by atoms with Crippen molar-refractivity contribution < 1.29 is 9.90 Å². The molecule has 0 saturated heterocycles. The summed E-state index contributed by atoms with van der Waals surface area (Å²) in [4.78, 5) is 10.3. The summed E-state index contributed by atoms with van der Waals surface area (Å²) >= 11 is 0. The van der Waals surface area contributed by atoms with E-state index in [-0.39, 0.29) is 5.57 Å². The highest BCUT2D eigenvalue weighted by Crippen LogP contribution is 2.00. The van der Waals surface area contributed by atoms with Crippen LogP contribution in [0.5, 0.6) is 0 Å². The average molecular weight is 171 g/mol. The number of carbonyl (C=O) groups is 1. The van der Waals surface area contributed by atoms with Crippen molar-refractivity contribution >= 4 is 5.97 Å². The quantitative estimate of drug-likeness (QED) is 0.612. The van der Waals surface area contributed by atoms with E-state index >= 15 is 0 Å². The third-order valence-electron chi connectivity index (χ3n) is 1.94. The predicted octanol–water partition coefficient (Wildman–Crippen LogP) is 1.26. The Balaban J connectivity index is 3.69. The fourth-order valence-corrected chi connectivity index (χ4v) is 0.596. The van der Waals surface area contributed by atoms with Gasteiger partial charge in [0.1, 0.15) is 0 Å². The monoisotopic (exact) mass is 171 g/mol. The van der Waals surface area contributed by atoms with Gasteiger partial charge in [-0.1, -0.05) is 20.4 Å². The molecule has 0 heterocycles. The molecule has 0 fully saturated rings. The van der Waals surface area contributed by atoms with Crippen molar-refractivity contribution in [3.8, 4) is 0 Å². The summed E-state index contributed by atoms with van der Waals surface area (Å²) in [5, 5.41) is 11.6. The molecule has 0 aromatic heterocycles. The van der Waals surface area contributed by atoms with E-state index < -0.39 is 5.97 Å². The Kier molecular flexibility index (Phi) is 4.59. The minimum Gasteiger partial charge on any atom is -0.478 e. The van der Waals surface area contributed by atoms with Gasteiger partial charge in [-0.2, -0.15) is 0 Å². The van der Waals surface area contributed by atoms with Gasteiger partial charge >= 0.3 is 5.97 Å². The molecule has 0 saturated carbocycles. The predicted molar refractivity (Wildman–Crippen MR) is 49.1 cm³/mol. The van der Waals surface area contributed by atoms with Crippen LogP contribution >= 0.6 is 0 Å². The van der Waals surface area contributed by atoms with Crippen LogP contribution < -0.4 is 5.32 Å². The lowest BCUT2D eigenvalue weighted by Gasteiger charge is -2.16.